The molecule has 1 fully saturated rings. The molecular formula is C13H24F3NO. The van der Waals surface area contributed by atoms with E-state index in [4.69, 9.17) is 4.74 Å². The van der Waals surface area contributed by atoms with E-state index in [1.807, 2.05) is 0 Å². The number of nitrogens with one attached hydrogen (secondary N) is 1. The molecule has 1 saturated carbocycles. The van der Waals surface area contributed by atoms with Gasteiger partial charge in [-0.1, -0.05) is 26.2 Å². The largest absolute Gasteiger partial charge is 0.411 e. The van der Waals surface area contributed by atoms with Crippen LogP contribution in [0.1, 0.15) is 39.0 Å². The monoisotopic (exact) mass is 267 g/mol. The van der Waals surface area contributed by atoms with E-state index in [-0.39, 0.29) is 12.6 Å². The summed E-state index contributed by atoms with van der Waals surface area (Å²) in [6.45, 7) is 1.21. The zero-order valence-corrected chi connectivity index (χ0v) is 11.2. The Bertz CT molecular complexity index is 225. The van der Waals surface area contributed by atoms with Crippen molar-refractivity contribution >= 4 is 0 Å². The molecule has 0 spiro atoms. The van der Waals surface area contributed by atoms with Gasteiger partial charge in [0.2, 0.25) is 0 Å². The summed E-state index contributed by atoms with van der Waals surface area (Å²) in [5.41, 5.74) is 0. The summed E-state index contributed by atoms with van der Waals surface area (Å²) >= 11 is 0. The molecule has 1 aliphatic carbocycles. The number of hydrogen-bond acceptors (Lipinski definition) is 2. The number of halogens is 3. The van der Waals surface area contributed by atoms with E-state index < -0.39 is 12.8 Å². The van der Waals surface area contributed by atoms with Gasteiger partial charge in [0.25, 0.3) is 0 Å². The Morgan fingerprint density at radius 3 is 2.28 bits per heavy atom. The van der Waals surface area contributed by atoms with E-state index in [1.165, 1.54) is 19.3 Å². The fraction of sp³-hybridized carbons (Fsp3) is 1.00. The van der Waals surface area contributed by atoms with Crippen molar-refractivity contribution in [3.8, 4) is 0 Å². The van der Waals surface area contributed by atoms with E-state index in [0.29, 0.717) is 5.92 Å². The summed E-state index contributed by atoms with van der Waals surface area (Å²) in [4.78, 5) is 0. The van der Waals surface area contributed by atoms with Crippen molar-refractivity contribution in [2.75, 3.05) is 20.3 Å². The average molecular weight is 267 g/mol. The molecule has 0 aromatic heterocycles. The van der Waals surface area contributed by atoms with Gasteiger partial charge in [0.05, 0.1) is 6.61 Å². The lowest BCUT2D eigenvalue weighted by Gasteiger charge is -2.33. The van der Waals surface area contributed by atoms with Gasteiger partial charge >= 0.3 is 6.18 Å². The molecule has 1 atom stereocenters. The third-order valence-electron chi connectivity index (χ3n) is 3.97. The lowest BCUT2D eigenvalue weighted by atomic mass is 9.78. The van der Waals surface area contributed by atoms with Crippen LogP contribution in [-0.2, 0) is 4.74 Å². The van der Waals surface area contributed by atoms with Crippen molar-refractivity contribution < 1.29 is 17.9 Å². The van der Waals surface area contributed by atoms with E-state index in [2.05, 4.69) is 12.2 Å². The molecule has 1 rings (SSSR count). The second-order valence-corrected chi connectivity index (χ2v) is 5.21. The molecule has 0 heterocycles. The molecular weight excluding hydrogens is 243 g/mol. The van der Waals surface area contributed by atoms with Gasteiger partial charge in [0, 0.05) is 6.04 Å². The Hall–Kier alpha value is -0.290. The fourth-order valence-corrected chi connectivity index (χ4v) is 2.76. The highest BCUT2D eigenvalue weighted by Gasteiger charge is 2.30. The average Bonchev–Trinajstić information content (AvgIpc) is 2.34. The van der Waals surface area contributed by atoms with Crippen LogP contribution in [0.15, 0.2) is 0 Å². The molecule has 5 heteroatoms. The van der Waals surface area contributed by atoms with E-state index in [1.54, 1.807) is 7.05 Å². The second-order valence-electron chi connectivity index (χ2n) is 5.21. The molecule has 0 aromatic carbocycles. The Labute approximate surface area is 107 Å². The zero-order valence-electron chi connectivity index (χ0n) is 11.2. The van der Waals surface area contributed by atoms with Gasteiger partial charge in [0.15, 0.2) is 0 Å². The predicted molar refractivity (Wildman–Crippen MR) is 65.5 cm³/mol. The maximum Gasteiger partial charge on any atom is 0.411 e. The molecule has 0 aromatic rings. The molecule has 0 bridgehead atoms. The van der Waals surface area contributed by atoms with Crippen LogP contribution < -0.4 is 5.32 Å². The molecule has 18 heavy (non-hydrogen) atoms. The molecule has 0 amide bonds. The van der Waals surface area contributed by atoms with Crippen molar-refractivity contribution in [3.05, 3.63) is 0 Å². The number of alkyl halides is 3. The van der Waals surface area contributed by atoms with Crippen LogP contribution in [0.3, 0.4) is 0 Å². The third kappa shape index (κ3) is 5.57. The molecule has 108 valence electrons. The highest BCUT2D eigenvalue weighted by atomic mass is 19.4. The Morgan fingerprint density at radius 1 is 1.22 bits per heavy atom. The highest BCUT2D eigenvalue weighted by molar-refractivity contribution is 4.80. The lowest BCUT2D eigenvalue weighted by molar-refractivity contribution is -0.176. The summed E-state index contributed by atoms with van der Waals surface area (Å²) in [5, 5.41) is 3.10. The minimum Gasteiger partial charge on any atom is -0.370 e. The summed E-state index contributed by atoms with van der Waals surface area (Å²) < 4.78 is 40.8. The quantitative estimate of drug-likeness (QED) is 0.796. The van der Waals surface area contributed by atoms with Crippen molar-refractivity contribution in [1.82, 2.24) is 5.32 Å². The van der Waals surface area contributed by atoms with Crippen molar-refractivity contribution in [2.45, 2.75) is 51.2 Å². The van der Waals surface area contributed by atoms with Gasteiger partial charge in [0.1, 0.15) is 6.61 Å². The molecule has 0 saturated heterocycles. The maximum atomic E-state index is 12.0. The molecule has 2 nitrogen and oxygen atoms in total. The lowest BCUT2D eigenvalue weighted by Crippen LogP contribution is -2.40. The van der Waals surface area contributed by atoms with Crippen LogP contribution in [0, 0.1) is 11.8 Å². The topological polar surface area (TPSA) is 21.3 Å². The Morgan fingerprint density at radius 2 is 1.83 bits per heavy atom. The molecule has 1 unspecified atom stereocenters. The number of hydrogen-bond donors (Lipinski definition) is 1. The van der Waals surface area contributed by atoms with E-state index in [9.17, 15) is 13.2 Å². The first kappa shape index (κ1) is 15.8. The molecule has 1 N–H and O–H groups in total. The standard InChI is InChI=1S/C13H24F3NO/c1-3-10-4-6-11(7-5-10)12(17-2)8-18-9-13(14,15)16/h10-12,17H,3-9H2,1-2H3. The van der Waals surface area contributed by atoms with Crippen LogP contribution in [0.5, 0.6) is 0 Å². The second kappa shape index (κ2) is 7.34. The van der Waals surface area contributed by atoms with Crippen molar-refractivity contribution in [2.24, 2.45) is 11.8 Å². The van der Waals surface area contributed by atoms with Crippen LogP contribution in [0.2, 0.25) is 0 Å². The minimum atomic E-state index is -4.22. The number of likely N-dealkylation sites (N-methyl/N-ethyl adjacent to an activating group) is 1. The molecule has 1 aliphatic rings. The smallest absolute Gasteiger partial charge is 0.370 e. The van der Waals surface area contributed by atoms with E-state index >= 15 is 0 Å². The van der Waals surface area contributed by atoms with Gasteiger partial charge in [-0.15, -0.1) is 0 Å². The van der Waals surface area contributed by atoms with Crippen molar-refractivity contribution in [3.63, 3.8) is 0 Å². The van der Waals surface area contributed by atoms with Gasteiger partial charge in [-0.3, -0.25) is 0 Å². The SMILES string of the molecule is CCC1CCC(C(COCC(F)(F)F)NC)CC1. The zero-order chi connectivity index (χ0) is 13.6. The predicted octanol–water partition coefficient (Wildman–Crippen LogP) is 3.37. The number of rotatable bonds is 6. The van der Waals surface area contributed by atoms with Gasteiger partial charge in [-0.2, -0.15) is 13.2 Å². The van der Waals surface area contributed by atoms with Crippen molar-refractivity contribution in [1.29, 1.82) is 0 Å². The Balaban J connectivity index is 2.29. The van der Waals surface area contributed by atoms with E-state index in [0.717, 1.165) is 18.8 Å². The van der Waals surface area contributed by atoms with Crippen LogP contribution in [0.4, 0.5) is 13.2 Å². The van der Waals surface area contributed by atoms with Crippen LogP contribution >= 0.6 is 0 Å². The summed E-state index contributed by atoms with van der Waals surface area (Å²) in [7, 11) is 1.80. The normalized spacial score (nSPS) is 27.2. The first-order valence-electron chi connectivity index (χ1n) is 6.78. The van der Waals surface area contributed by atoms with Crippen LogP contribution in [-0.4, -0.2) is 32.5 Å². The summed E-state index contributed by atoms with van der Waals surface area (Å²) in [6.07, 6.45) is 1.57. The summed E-state index contributed by atoms with van der Waals surface area (Å²) in [6, 6.07) is 0.0464. The highest BCUT2D eigenvalue weighted by Crippen LogP contribution is 2.32. The van der Waals surface area contributed by atoms with Gasteiger partial charge in [-0.25, -0.2) is 0 Å². The molecule has 0 aliphatic heterocycles. The molecule has 0 radical (unpaired) electrons. The van der Waals surface area contributed by atoms with Crippen LogP contribution in [0.25, 0.3) is 0 Å². The van der Waals surface area contributed by atoms with Gasteiger partial charge in [-0.05, 0) is 31.7 Å². The fourth-order valence-electron chi connectivity index (χ4n) is 2.76. The minimum absolute atomic E-state index is 0.0464. The summed E-state index contributed by atoms with van der Waals surface area (Å²) in [5.74, 6) is 1.25. The third-order valence-corrected chi connectivity index (χ3v) is 3.97. The maximum absolute atomic E-state index is 12.0. The first-order valence-corrected chi connectivity index (χ1v) is 6.78. The first-order chi connectivity index (χ1) is 8.46. The Kier molecular flexibility index (Phi) is 6.43. The number of ether oxygens (including phenoxy) is 1. The van der Waals surface area contributed by atoms with Gasteiger partial charge < -0.3 is 10.1 Å².